The number of amides is 1. The molecule has 0 saturated carbocycles. The normalized spacial score (nSPS) is 12.4. The number of likely N-dealkylation sites (N-methyl/N-ethyl adjacent to an activating group) is 1. The maximum atomic E-state index is 13.2. The van der Waals surface area contributed by atoms with E-state index >= 15 is 0 Å². The maximum Gasteiger partial charge on any atom is 0.238 e. The Kier molecular flexibility index (Phi) is 5.09. The molecule has 0 aliphatic heterocycles. The second-order valence-corrected chi connectivity index (χ2v) is 6.09. The number of aryl methyl sites for hydroxylation is 1. The minimum atomic E-state index is -0.351. The van der Waals surface area contributed by atoms with E-state index in [1.807, 2.05) is 30.3 Å². The summed E-state index contributed by atoms with van der Waals surface area (Å²) in [5.41, 5.74) is 1.37. The number of hydrogen-bond donors (Lipinski definition) is 1. The van der Waals surface area contributed by atoms with Gasteiger partial charge in [-0.05, 0) is 50.0 Å². The molecule has 0 radical (unpaired) electrons. The van der Waals surface area contributed by atoms with Crippen LogP contribution >= 0.6 is 11.3 Å². The number of halogens is 1. The van der Waals surface area contributed by atoms with Gasteiger partial charge in [0.2, 0.25) is 5.91 Å². The zero-order valence-corrected chi connectivity index (χ0v) is 13.2. The molecular weight excluding hydrogens is 287 g/mol. The predicted molar refractivity (Wildman–Crippen MR) is 85.1 cm³/mol. The molecule has 1 unspecified atom stereocenters. The molecule has 0 saturated heterocycles. The van der Waals surface area contributed by atoms with E-state index in [1.165, 1.54) is 17.0 Å². The van der Waals surface area contributed by atoms with Gasteiger partial charge in [0.25, 0.3) is 0 Å². The molecule has 0 aliphatic rings. The fourth-order valence-corrected chi connectivity index (χ4v) is 2.88. The molecule has 112 valence electrons. The van der Waals surface area contributed by atoms with Gasteiger partial charge in [0, 0.05) is 16.6 Å². The Morgan fingerprint density at radius 1 is 1.43 bits per heavy atom. The van der Waals surface area contributed by atoms with Crippen LogP contribution in [-0.2, 0) is 4.79 Å². The molecular formula is C16H19FN2OS. The van der Waals surface area contributed by atoms with Crippen molar-refractivity contribution in [2.75, 3.05) is 18.9 Å². The number of nitrogens with one attached hydrogen (secondary N) is 1. The van der Waals surface area contributed by atoms with E-state index in [1.54, 1.807) is 17.4 Å². The van der Waals surface area contributed by atoms with Crippen molar-refractivity contribution < 1.29 is 9.18 Å². The molecule has 5 heteroatoms. The second kappa shape index (κ2) is 6.83. The van der Waals surface area contributed by atoms with Gasteiger partial charge in [-0.3, -0.25) is 9.69 Å². The Hall–Kier alpha value is -1.72. The summed E-state index contributed by atoms with van der Waals surface area (Å²) in [4.78, 5) is 15.3. The average Bonchev–Trinajstić information content (AvgIpc) is 2.96. The summed E-state index contributed by atoms with van der Waals surface area (Å²) in [6, 6.07) is 8.61. The minimum absolute atomic E-state index is 0.144. The fourth-order valence-electron chi connectivity index (χ4n) is 2.03. The largest absolute Gasteiger partial charge is 0.325 e. The highest BCUT2D eigenvalue weighted by Gasteiger charge is 2.16. The third-order valence-electron chi connectivity index (χ3n) is 3.48. The lowest BCUT2D eigenvalue weighted by Gasteiger charge is -2.23. The van der Waals surface area contributed by atoms with Crippen molar-refractivity contribution in [3.05, 3.63) is 52.0 Å². The van der Waals surface area contributed by atoms with E-state index in [9.17, 15) is 9.18 Å². The van der Waals surface area contributed by atoms with Crippen molar-refractivity contribution in [1.82, 2.24) is 4.90 Å². The average molecular weight is 306 g/mol. The second-order valence-electron chi connectivity index (χ2n) is 5.11. The number of thiophene rings is 1. The van der Waals surface area contributed by atoms with Crippen LogP contribution in [0.25, 0.3) is 0 Å². The Morgan fingerprint density at radius 3 is 2.86 bits per heavy atom. The Morgan fingerprint density at radius 2 is 2.19 bits per heavy atom. The molecule has 21 heavy (non-hydrogen) atoms. The smallest absolute Gasteiger partial charge is 0.238 e. The summed E-state index contributed by atoms with van der Waals surface area (Å²) in [6.45, 7) is 4.16. The summed E-state index contributed by atoms with van der Waals surface area (Å²) < 4.78 is 13.2. The van der Waals surface area contributed by atoms with Crippen LogP contribution in [0.5, 0.6) is 0 Å². The highest BCUT2D eigenvalue weighted by Crippen LogP contribution is 2.23. The molecule has 1 amide bonds. The van der Waals surface area contributed by atoms with Gasteiger partial charge < -0.3 is 5.32 Å². The lowest BCUT2D eigenvalue weighted by Crippen LogP contribution is -2.32. The van der Waals surface area contributed by atoms with Gasteiger partial charge >= 0.3 is 0 Å². The van der Waals surface area contributed by atoms with Gasteiger partial charge in [-0.25, -0.2) is 4.39 Å². The number of rotatable bonds is 5. The van der Waals surface area contributed by atoms with Crippen LogP contribution in [-0.4, -0.2) is 24.4 Å². The molecule has 1 aromatic carbocycles. The molecule has 1 atom stereocenters. The van der Waals surface area contributed by atoms with Crippen LogP contribution in [0.1, 0.15) is 23.4 Å². The third-order valence-corrected chi connectivity index (χ3v) is 4.53. The summed E-state index contributed by atoms with van der Waals surface area (Å²) in [5, 5.41) is 4.79. The first-order valence-electron chi connectivity index (χ1n) is 6.77. The molecule has 1 aromatic heterocycles. The van der Waals surface area contributed by atoms with Crippen LogP contribution in [0, 0.1) is 12.7 Å². The molecule has 1 heterocycles. The van der Waals surface area contributed by atoms with Crippen molar-refractivity contribution in [1.29, 1.82) is 0 Å². The van der Waals surface area contributed by atoms with Crippen molar-refractivity contribution in [3.8, 4) is 0 Å². The van der Waals surface area contributed by atoms with E-state index in [2.05, 4.69) is 18.3 Å². The molecule has 1 N–H and O–H groups in total. The molecule has 3 nitrogen and oxygen atoms in total. The Bertz CT molecular complexity index is 613. The van der Waals surface area contributed by atoms with Crippen LogP contribution < -0.4 is 5.32 Å². The van der Waals surface area contributed by atoms with Crippen LogP contribution in [0.4, 0.5) is 10.1 Å². The molecule has 0 fully saturated rings. The Labute approximate surface area is 128 Å². The lowest BCUT2D eigenvalue weighted by atomic mass is 10.2. The van der Waals surface area contributed by atoms with E-state index in [0.717, 1.165) is 5.56 Å². The van der Waals surface area contributed by atoms with E-state index in [0.29, 0.717) is 5.69 Å². The summed E-state index contributed by atoms with van der Waals surface area (Å²) in [7, 11) is 1.91. The van der Waals surface area contributed by atoms with Crippen molar-refractivity contribution in [2.24, 2.45) is 0 Å². The number of benzene rings is 1. The topological polar surface area (TPSA) is 32.3 Å². The zero-order chi connectivity index (χ0) is 15.4. The number of carbonyl (C=O) groups is 1. The lowest BCUT2D eigenvalue weighted by molar-refractivity contribution is -0.117. The SMILES string of the molecule is Cc1ccc(F)cc1NC(=O)CN(C)C(C)c1cccs1. The van der Waals surface area contributed by atoms with Gasteiger partial charge in [0.1, 0.15) is 5.82 Å². The van der Waals surface area contributed by atoms with E-state index in [4.69, 9.17) is 0 Å². The Balaban J connectivity index is 1.96. The quantitative estimate of drug-likeness (QED) is 0.910. The first-order valence-corrected chi connectivity index (χ1v) is 7.65. The van der Waals surface area contributed by atoms with Gasteiger partial charge in [0.05, 0.1) is 6.54 Å². The van der Waals surface area contributed by atoms with Gasteiger partial charge in [-0.1, -0.05) is 12.1 Å². The maximum absolute atomic E-state index is 13.2. The van der Waals surface area contributed by atoms with Gasteiger partial charge in [-0.15, -0.1) is 11.3 Å². The number of anilines is 1. The molecule has 0 aliphatic carbocycles. The van der Waals surface area contributed by atoms with E-state index < -0.39 is 0 Å². The highest BCUT2D eigenvalue weighted by molar-refractivity contribution is 7.10. The monoisotopic (exact) mass is 306 g/mol. The van der Waals surface area contributed by atoms with Gasteiger partial charge in [-0.2, -0.15) is 0 Å². The summed E-state index contributed by atoms with van der Waals surface area (Å²) >= 11 is 1.67. The summed E-state index contributed by atoms with van der Waals surface area (Å²) in [5.74, 6) is -0.495. The molecule has 0 spiro atoms. The zero-order valence-electron chi connectivity index (χ0n) is 12.4. The number of nitrogens with zero attached hydrogens (tertiary/aromatic N) is 1. The van der Waals surface area contributed by atoms with Crippen molar-refractivity contribution >= 4 is 22.9 Å². The van der Waals surface area contributed by atoms with Crippen LogP contribution in [0.3, 0.4) is 0 Å². The number of hydrogen-bond acceptors (Lipinski definition) is 3. The van der Waals surface area contributed by atoms with Crippen LogP contribution in [0.2, 0.25) is 0 Å². The first kappa shape index (κ1) is 15.7. The third kappa shape index (κ3) is 4.12. The van der Waals surface area contributed by atoms with Crippen molar-refractivity contribution in [2.45, 2.75) is 19.9 Å². The standard InChI is InChI=1S/C16H19FN2OS/c1-11-6-7-13(17)9-14(11)18-16(20)10-19(3)12(2)15-5-4-8-21-15/h4-9,12H,10H2,1-3H3,(H,18,20). The molecule has 0 bridgehead atoms. The predicted octanol–water partition coefficient (Wildman–Crippen LogP) is 3.83. The fraction of sp³-hybridized carbons (Fsp3) is 0.312. The molecule has 2 aromatic rings. The van der Waals surface area contributed by atoms with Gasteiger partial charge in [0.15, 0.2) is 0 Å². The van der Waals surface area contributed by atoms with Crippen molar-refractivity contribution in [3.63, 3.8) is 0 Å². The minimum Gasteiger partial charge on any atom is -0.325 e. The first-order chi connectivity index (χ1) is 9.97. The summed E-state index contributed by atoms with van der Waals surface area (Å²) in [6.07, 6.45) is 0. The van der Waals surface area contributed by atoms with E-state index in [-0.39, 0.29) is 24.3 Å². The highest BCUT2D eigenvalue weighted by atomic mass is 32.1. The molecule has 2 rings (SSSR count). The number of carbonyl (C=O) groups excluding carboxylic acids is 1. The van der Waals surface area contributed by atoms with Crippen LogP contribution in [0.15, 0.2) is 35.7 Å².